The minimum Gasteiger partial charge on any atom is -0.494 e. The number of fused-ring (bicyclic) bond motifs is 10. The number of ether oxygens (including phenoxy) is 3. The third-order valence-electron chi connectivity index (χ3n) is 29.9. The van der Waals surface area contributed by atoms with Crippen LogP contribution in [0.25, 0.3) is 108 Å². The first kappa shape index (κ1) is 95.8. The van der Waals surface area contributed by atoms with E-state index in [0.717, 1.165) is 24.5 Å². The van der Waals surface area contributed by atoms with E-state index < -0.39 is 5.41 Å². The maximum absolute atomic E-state index is 5.95. The van der Waals surface area contributed by atoms with E-state index in [1.54, 1.807) is 11.1 Å². The smallest absolute Gasteiger partial charge is 0.119 e. The Hall–Kier alpha value is -12.9. The van der Waals surface area contributed by atoms with E-state index in [1.165, 1.54) is 305 Å². The highest BCUT2D eigenvalue weighted by Crippen LogP contribution is 2.59. The maximum atomic E-state index is 5.95. The van der Waals surface area contributed by atoms with Crippen molar-refractivity contribution in [1.82, 2.24) is 0 Å². The summed E-state index contributed by atoms with van der Waals surface area (Å²) in [5.74, 6) is 2.36. The SMILES string of the molecule is CCC(C)c1ccc(N(c2ccc(C)cc2)c2ccc(C)cc2)cc1.CCCCCCCCC1(CCCCCCCC)c2cc(C)ccc2-c2ccc(C)cc21.CCCOc1ccc(C2(c3ccc(OCCOCC)cc3)c3cc(C)ccc3-c3ccc(C)cc32)cc1.Cc1ccc2c3ccc(C)c4cccc(c5cccc1c52)c43.Cc1ccc2c3cccc4c(C)ccc(c5cccc1c52)c43. The molecule has 0 amide bonds. The van der Waals surface area contributed by atoms with Gasteiger partial charge in [0.15, 0.2) is 0 Å². The zero-order chi connectivity index (χ0) is 95.4. The Balaban J connectivity index is 0.000000120. The summed E-state index contributed by atoms with van der Waals surface area (Å²) >= 11 is 0. The standard InChI is InChI=1S/C34H36O3.C31H46.C24H27N.2C22H16/c1-5-19-36-28-13-9-26(10-14-28)34(27-11-15-29(16-12-27)37-21-20-35-6-2)32-22-24(3)7-17-30(32)31-18-8-25(4)23-33(31)34;1-5-7-9-11-13-15-21-31(22-16-14-12-10-8-6-2)29-23-25(3)17-19-27(29)28-20-18-26(4)24-30(28)31;1-5-20(4)21-10-16-24(17-11-21)25(22-12-6-18(2)7-13-22)23-14-8-19(3)9-15-23;1-13-9-11-19-18-8-4-6-16-14(2)10-12-20(22(16)18)17-7-3-5-15(13)21(17)19;1-13-9-11-19-20-12-10-14(2)16-6-4-8-18(22(16)20)17-7-3-5-15(13)21(17)19/h7-18,22-23H,5-6,19-21H2,1-4H3;17-20,23-24H,5-16,21-22H2,1-4H3;6-17,20H,5H2,1-4H3;2*3-12H,1-2H3. The van der Waals surface area contributed by atoms with Crippen LogP contribution in [0.3, 0.4) is 0 Å². The third-order valence-corrected chi connectivity index (χ3v) is 29.9. The van der Waals surface area contributed by atoms with Gasteiger partial charge in [0, 0.05) is 29.1 Å². The normalized spacial score (nSPS) is 12.8. The molecule has 0 radical (unpaired) electrons. The number of hydrogen-bond donors (Lipinski definition) is 0. The largest absolute Gasteiger partial charge is 0.494 e. The molecule has 19 aromatic rings. The van der Waals surface area contributed by atoms with E-state index in [-0.39, 0.29) is 5.41 Å². The quantitative estimate of drug-likeness (QED) is 0.0266. The van der Waals surface area contributed by atoms with Crippen LogP contribution in [-0.2, 0) is 15.6 Å². The van der Waals surface area contributed by atoms with Crippen LogP contribution in [0.4, 0.5) is 17.1 Å². The topological polar surface area (TPSA) is 30.9 Å². The summed E-state index contributed by atoms with van der Waals surface area (Å²) in [7, 11) is 0. The summed E-state index contributed by atoms with van der Waals surface area (Å²) < 4.78 is 17.3. The lowest BCUT2D eigenvalue weighted by Crippen LogP contribution is -2.28. The highest BCUT2D eigenvalue weighted by atomic mass is 16.5. The molecule has 696 valence electrons. The van der Waals surface area contributed by atoms with Crippen molar-refractivity contribution in [3.63, 3.8) is 0 Å². The van der Waals surface area contributed by atoms with Crippen LogP contribution in [0.2, 0.25) is 0 Å². The second kappa shape index (κ2) is 43.2. The fraction of sp³-hybridized carbons (Fsp3) is 0.293. The fourth-order valence-electron chi connectivity index (χ4n) is 22.4. The van der Waals surface area contributed by atoms with Gasteiger partial charge in [0.2, 0.25) is 0 Å². The fourth-order valence-corrected chi connectivity index (χ4v) is 22.4. The number of anilines is 3. The van der Waals surface area contributed by atoms with Gasteiger partial charge < -0.3 is 19.1 Å². The Labute approximate surface area is 817 Å². The summed E-state index contributed by atoms with van der Waals surface area (Å²) in [5, 5.41) is 22.1. The van der Waals surface area contributed by atoms with Gasteiger partial charge in [-0.15, -0.1) is 0 Å². The van der Waals surface area contributed by atoms with Crippen LogP contribution in [0, 0.1) is 69.2 Å². The molecule has 0 spiro atoms. The Morgan fingerprint density at radius 3 is 0.898 bits per heavy atom. The Kier molecular flexibility index (Phi) is 30.2. The molecule has 0 bridgehead atoms. The van der Waals surface area contributed by atoms with Gasteiger partial charge in [-0.2, -0.15) is 0 Å². The van der Waals surface area contributed by atoms with Crippen LogP contribution in [0.5, 0.6) is 11.5 Å². The van der Waals surface area contributed by atoms with Crippen LogP contribution < -0.4 is 14.4 Å². The summed E-state index contributed by atoms with van der Waals surface area (Å²) in [5.41, 5.74) is 32.0. The molecule has 0 aliphatic heterocycles. The lowest BCUT2D eigenvalue weighted by atomic mass is 9.67. The second-order valence-corrected chi connectivity index (χ2v) is 39.5. The summed E-state index contributed by atoms with van der Waals surface area (Å²) in [6.45, 7) is 37.8. The number of aryl methyl sites for hydroxylation is 10. The number of hydrogen-bond acceptors (Lipinski definition) is 4. The van der Waals surface area contributed by atoms with E-state index in [4.69, 9.17) is 14.2 Å². The van der Waals surface area contributed by atoms with Gasteiger partial charge in [-0.05, 0) is 338 Å². The van der Waals surface area contributed by atoms with E-state index in [0.29, 0.717) is 25.7 Å². The molecule has 4 heteroatoms. The van der Waals surface area contributed by atoms with E-state index >= 15 is 0 Å². The second-order valence-electron chi connectivity index (χ2n) is 39.5. The zero-order valence-electron chi connectivity index (χ0n) is 84.4. The Bertz CT molecular complexity index is 6770. The molecule has 19 aromatic carbocycles. The summed E-state index contributed by atoms with van der Waals surface area (Å²) in [4.78, 5) is 2.32. The molecule has 1 unspecified atom stereocenters. The van der Waals surface area contributed by atoms with Gasteiger partial charge in [-0.25, -0.2) is 0 Å². The van der Waals surface area contributed by atoms with Crippen molar-refractivity contribution in [2.75, 3.05) is 31.3 Å². The molecule has 21 rings (SSSR count). The Morgan fingerprint density at radius 1 is 0.263 bits per heavy atom. The zero-order valence-corrected chi connectivity index (χ0v) is 84.4. The van der Waals surface area contributed by atoms with Crippen LogP contribution in [0.1, 0.15) is 245 Å². The van der Waals surface area contributed by atoms with E-state index in [2.05, 4.69) is 424 Å². The van der Waals surface area contributed by atoms with Gasteiger partial charge in [0.25, 0.3) is 0 Å². The van der Waals surface area contributed by atoms with Crippen molar-refractivity contribution in [1.29, 1.82) is 0 Å². The lowest BCUT2D eigenvalue weighted by molar-refractivity contribution is 0.110. The van der Waals surface area contributed by atoms with Crippen molar-refractivity contribution < 1.29 is 14.2 Å². The number of unbranched alkanes of at least 4 members (excludes halogenated alkanes) is 10. The Morgan fingerprint density at radius 2 is 0.562 bits per heavy atom. The number of benzene rings is 19. The number of nitrogens with zero attached hydrogens (tertiary/aromatic N) is 1. The van der Waals surface area contributed by atoms with Crippen molar-refractivity contribution >= 4 is 103 Å². The summed E-state index contributed by atoms with van der Waals surface area (Å²) in [6.07, 6.45) is 21.4. The molecule has 0 aromatic heterocycles. The molecule has 1 atom stereocenters. The predicted octanol–water partition coefficient (Wildman–Crippen LogP) is 37.9. The van der Waals surface area contributed by atoms with Crippen LogP contribution in [-0.4, -0.2) is 26.4 Å². The minimum absolute atomic E-state index is 0.234. The average Bonchev–Trinajstić information content (AvgIpc) is 1.60. The molecular weight excluding hydrogens is 1660 g/mol. The number of rotatable bonds is 29. The molecule has 0 saturated carbocycles. The highest BCUT2D eigenvalue weighted by molar-refractivity contribution is 6.35. The molecular formula is C133H141NO3. The molecule has 0 heterocycles. The third kappa shape index (κ3) is 19.7. The molecule has 2 aliphatic rings. The van der Waals surface area contributed by atoms with Gasteiger partial charge in [-0.3, -0.25) is 0 Å². The average molecular weight is 1800 g/mol. The van der Waals surface area contributed by atoms with Crippen molar-refractivity contribution in [2.24, 2.45) is 0 Å². The van der Waals surface area contributed by atoms with Gasteiger partial charge in [-0.1, -0.05) is 400 Å². The lowest BCUT2D eigenvalue weighted by Gasteiger charge is -2.34. The maximum Gasteiger partial charge on any atom is 0.119 e. The molecule has 0 N–H and O–H groups in total. The van der Waals surface area contributed by atoms with E-state index in [1.807, 2.05) is 6.92 Å². The van der Waals surface area contributed by atoms with Gasteiger partial charge in [0.05, 0.1) is 18.6 Å². The van der Waals surface area contributed by atoms with Crippen molar-refractivity contribution in [3.05, 3.63) is 410 Å². The molecule has 0 fully saturated rings. The van der Waals surface area contributed by atoms with Crippen molar-refractivity contribution in [3.8, 4) is 33.8 Å². The van der Waals surface area contributed by atoms with Gasteiger partial charge >= 0.3 is 0 Å². The monoisotopic (exact) mass is 1800 g/mol. The van der Waals surface area contributed by atoms with Crippen LogP contribution >= 0.6 is 0 Å². The molecule has 137 heavy (non-hydrogen) atoms. The molecule has 4 nitrogen and oxygen atoms in total. The first-order valence-corrected chi connectivity index (χ1v) is 51.4. The first-order chi connectivity index (χ1) is 66.8. The molecule has 2 aliphatic carbocycles. The predicted molar refractivity (Wildman–Crippen MR) is 593 cm³/mol. The molecule has 0 saturated heterocycles. The van der Waals surface area contributed by atoms with E-state index in [9.17, 15) is 0 Å². The first-order valence-electron chi connectivity index (χ1n) is 51.4. The minimum atomic E-state index is -0.435. The van der Waals surface area contributed by atoms with Crippen molar-refractivity contribution in [2.45, 2.75) is 230 Å². The summed E-state index contributed by atoms with van der Waals surface area (Å²) in [6, 6.07) is 117. The van der Waals surface area contributed by atoms with Gasteiger partial charge in [0.1, 0.15) is 18.1 Å². The highest BCUT2D eigenvalue weighted by Gasteiger charge is 2.47. The van der Waals surface area contributed by atoms with Crippen LogP contribution in [0.15, 0.2) is 315 Å².